The Morgan fingerprint density at radius 3 is 1.85 bits per heavy atom. The molecule has 0 radical (unpaired) electrons. The second kappa shape index (κ2) is 6.10. The first-order valence-electron chi connectivity index (χ1n) is 12.6. The topological polar surface area (TPSA) is 4.93 Å². The van der Waals surface area contributed by atoms with Gasteiger partial charge in [-0.05, 0) is 51.8 Å². The van der Waals surface area contributed by atoms with Gasteiger partial charge in [0.15, 0.2) is 0 Å². The molecule has 164 valence electrons. The van der Waals surface area contributed by atoms with E-state index in [4.69, 9.17) is 0 Å². The molecule has 0 aliphatic heterocycles. The lowest BCUT2D eigenvalue weighted by molar-refractivity contribution is 0.0567. The summed E-state index contributed by atoms with van der Waals surface area (Å²) in [6.45, 7) is 2.42. The number of hydrogen-bond acceptors (Lipinski definition) is 0. The number of aromatic nitrogens is 1. The molecule has 1 saturated carbocycles. The number of benzene rings is 4. The van der Waals surface area contributed by atoms with Gasteiger partial charge in [-0.3, -0.25) is 0 Å². The van der Waals surface area contributed by atoms with Crippen molar-refractivity contribution in [1.82, 2.24) is 4.57 Å². The molecule has 0 saturated heterocycles. The summed E-state index contributed by atoms with van der Waals surface area (Å²) in [6, 6.07) is 36.7. The Balaban J connectivity index is 1.48. The average molecular weight is 438 g/mol. The first kappa shape index (κ1) is 18.8. The van der Waals surface area contributed by atoms with Crippen LogP contribution in [0.1, 0.15) is 42.0 Å². The second-order valence-corrected chi connectivity index (χ2v) is 10.5. The van der Waals surface area contributed by atoms with Gasteiger partial charge < -0.3 is 4.57 Å². The van der Waals surface area contributed by atoms with Crippen LogP contribution in [-0.4, -0.2) is 4.57 Å². The van der Waals surface area contributed by atoms with E-state index in [2.05, 4.69) is 116 Å². The summed E-state index contributed by atoms with van der Waals surface area (Å²) in [5.41, 5.74) is 13.4. The lowest BCUT2D eigenvalue weighted by Crippen LogP contribution is -2.61. The highest BCUT2D eigenvalue weighted by Gasteiger charge is 2.70. The van der Waals surface area contributed by atoms with Crippen LogP contribution in [0, 0.1) is 5.92 Å². The number of hydrogen-bond donors (Lipinski definition) is 0. The Hall–Kier alpha value is -3.58. The van der Waals surface area contributed by atoms with Gasteiger partial charge in [-0.2, -0.15) is 0 Å². The summed E-state index contributed by atoms with van der Waals surface area (Å²) >= 11 is 0. The van der Waals surface area contributed by atoms with Crippen molar-refractivity contribution in [2.45, 2.75) is 30.6 Å². The zero-order valence-corrected chi connectivity index (χ0v) is 19.7. The zero-order valence-electron chi connectivity index (χ0n) is 19.7. The van der Waals surface area contributed by atoms with Gasteiger partial charge in [-0.25, -0.2) is 0 Å². The summed E-state index contributed by atoms with van der Waals surface area (Å²) in [5.74, 6) is 0.512. The summed E-state index contributed by atoms with van der Waals surface area (Å²) in [6.07, 6.45) is 2.30. The molecule has 1 fully saturated rings. The number of rotatable bonds is 1. The van der Waals surface area contributed by atoms with Crippen molar-refractivity contribution in [3.63, 3.8) is 0 Å². The predicted octanol–water partition coefficient (Wildman–Crippen LogP) is 7.84. The third kappa shape index (κ3) is 1.82. The van der Waals surface area contributed by atoms with Gasteiger partial charge in [0.1, 0.15) is 0 Å². The number of fused-ring (bicyclic) bond motifs is 12. The van der Waals surface area contributed by atoms with Crippen molar-refractivity contribution in [2.24, 2.45) is 13.0 Å². The monoisotopic (exact) mass is 437 g/mol. The Labute approximate surface area is 200 Å². The fraction of sp³-hybridized carbons (Fsp3) is 0.212. The van der Waals surface area contributed by atoms with Crippen LogP contribution in [-0.2, 0) is 17.9 Å². The van der Waals surface area contributed by atoms with E-state index in [1.54, 1.807) is 22.3 Å². The molecular weight excluding hydrogens is 410 g/mol. The standard InChI is InChI=1S/C33H27N/c1-3-29-32(25-16-8-4-12-21(25)22-13-5-9-17-26(22)32)20-33(29)27-18-10-6-14-23(27)31-30(33)24-15-7-11-19-28(24)34(31)2/h4-19,29H,3,20H2,1-2H3. The minimum Gasteiger partial charge on any atom is -0.343 e. The minimum absolute atomic E-state index is 0.0477. The molecule has 4 aromatic carbocycles. The van der Waals surface area contributed by atoms with Gasteiger partial charge in [0.25, 0.3) is 0 Å². The molecule has 0 N–H and O–H groups in total. The second-order valence-electron chi connectivity index (χ2n) is 10.5. The molecule has 1 heterocycles. The molecular formula is C33H27N. The van der Waals surface area contributed by atoms with Crippen LogP contribution in [0.25, 0.3) is 33.3 Å². The van der Waals surface area contributed by atoms with E-state index < -0.39 is 0 Å². The fourth-order valence-electron chi connectivity index (χ4n) is 8.52. The molecule has 3 aliphatic carbocycles. The molecule has 1 aromatic heterocycles. The van der Waals surface area contributed by atoms with E-state index >= 15 is 0 Å². The Bertz CT molecular complexity index is 1610. The van der Waals surface area contributed by atoms with Crippen LogP contribution in [0.4, 0.5) is 0 Å². The van der Waals surface area contributed by atoms with E-state index in [1.807, 2.05) is 0 Å². The number of para-hydroxylation sites is 1. The maximum Gasteiger partial charge on any atom is 0.0533 e. The third-order valence-electron chi connectivity index (χ3n) is 9.48. The molecule has 2 spiro atoms. The molecule has 5 aromatic rings. The van der Waals surface area contributed by atoms with Crippen LogP contribution in [0.15, 0.2) is 97.1 Å². The highest BCUT2D eigenvalue weighted by Crippen LogP contribution is 2.75. The minimum atomic E-state index is 0.0477. The van der Waals surface area contributed by atoms with E-state index in [9.17, 15) is 0 Å². The molecule has 0 bridgehead atoms. The number of nitrogens with zero attached hydrogens (tertiary/aromatic N) is 1. The van der Waals surface area contributed by atoms with E-state index in [1.165, 1.54) is 33.3 Å². The average Bonchev–Trinajstić information content (AvgIpc) is 3.46. The van der Waals surface area contributed by atoms with Crippen molar-refractivity contribution in [1.29, 1.82) is 0 Å². The molecule has 1 heteroatoms. The molecule has 34 heavy (non-hydrogen) atoms. The highest BCUT2D eigenvalue weighted by molar-refractivity contribution is 5.99. The zero-order chi connectivity index (χ0) is 22.7. The summed E-state index contributed by atoms with van der Waals surface area (Å²) in [7, 11) is 2.26. The van der Waals surface area contributed by atoms with E-state index in [-0.39, 0.29) is 10.8 Å². The quantitative estimate of drug-likeness (QED) is 0.252. The van der Waals surface area contributed by atoms with E-state index in [0.29, 0.717) is 5.92 Å². The van der Waals surface area contributed by atoms with Gasteiger partial charge in [0.05, 0.1) is 5.69 Å². The van der Waals surface area contributed by atoms with Crippen LogP contribution in [0.5, 0.6) is 0 Å². The van der Waals surface area contributed by atoms with Crippen molar-refractivity contribution in [3.8, 4) is 22.4 Å². The van der Waals surface area contributed by atoms with E-state index in [0.717, 1.165) is 12.8 Å². The van der Waals surface area contributed by atoms with Crippen molar-refractivity contribution >= 4 is 10.9 Å². The van der Waals surface area contributed by atoms with Crippen molar-refractivity contribution in [2.75, 3.05) is 0 Å². The van der Waals surface area contributed by atoms with Crippen LogP contribution in [0.2, 0.25) is 0 Å². The first-order valence-corrected chi connectivity index (χ1v) is 12.6. The van der Waals surface area contributed by atoms with Gasteiger partial charge in [-0.1, -0.05) is 104 Å². The lowest BCUT2D eigenvalue weighted by atomic mass is 9.39. The Kier molecular flexibility index (Phi) is 3.37. The molecule has 8 rings (SSSR count). The Morgan fingerprint density at radius 1 is 0.676 bits per heavy atom. The summed E-state index contributed by atoms with van der Waals surface area (Å²) < 4.78 is 2.45. The van der Waals surface area contributed by atoms with Gasteiger partial charge in [-0.15, -0.1) is 0 Å². The molecule has 2 unspecified atom stereocenters. The summed E-state index contributed by atoms with van der Waals surface area (Å²) in [5, 5.41) is 1.43. The van der Waals surface area contributed by atoms with Crippen LogP contribution >= 0.6 is 0 Å². The van der Waals surface area contributed by atoms with Gasteiger partial charge in [0, 0.05) is 34.3 Å². The summed E-state index contributed by atoms with van der Waals surface area (Å²) in [4.78, 5) is 0. The Morgan fingerprint density at radius 2 is 1.21 bits per heavy atom. The largest absolute Gasteiger partial charge is 0.343 e. The number of aryl methyl sites for hydroxylation is 1. The van der Waals surface area contributed by atoms with Crippen LogP contribution in [0.3, 0.4) is 0 Å². The first-order chi connectivity index (χ1) is 16.7. The van der Waals surface area contributed by atoms with Gasteiger partial charge >= 0.3 is 0 Å². The van der Waals surface area contributed by atoms with Crippen LogP contribution < -0.4 is 0 Å². The fourth-order valence-corrected chi connectivity index (χ4v) is 8.52. The van der Waals surface area contributed by atoms with Crippen molar-refractivity contribution in [3.05, 3.63) is 119 Å². The normalized spacial score (nSPS) is 22.5. The molecule has 1 nitrogen and oxygen atoms in total. The molecule has 0 amide bonds. The smallest absolute Gasteiger partial charge is 0.0533 e. The molecule has 3 aliphatic rings. The maximum absolute atomic E-state index is 2.45. The predicted molar refractivity (Wildman–Crippen MR) is 140 cm³/mol. The SMILES string of the molecule is CCC1C2(CC13c1ccccc1-c1c3c3ccccc3n1C)c1ccccc1-c1ccccc12. The van der Waals surface area contributed by atoms with Crippen molar-refractivity contribution < 1.29 is 0 Å². The van der Waals surface area contributed by atoms with Gasteiger partial charge in [0.2, 0.25) is 0 Å². The lowest BCUT2D eigenvalue weighted by Gasteiger charge is -2.62. The maximum atomic E-state index is 2.45. The third-order valence-corrected chi connectivity index (χ3v) is 9.48. The molecule has 2 atom stereocenters. The highest BCUT2D eigenvalue weighted by atomic mass is 15.0.